The maximum absolute atomic E-state index is 12.9. The van der Waals surface area contributed by atoms with Gasteiger partial charge in [-0.05, 0) is 54.1 Å². The van der Waals surface area contributed by atoms with Crippen LogP contribution < -0.4 is 15.4 Å². The first kappa shape index (κ1) is 20.7. The van der Waals surface area contributed by atoms with Crippen LogP contribution in [0, 0.1) is 0 Å². The number of amides is 3. The first-order chi connectivity index (χ1) is 15.9. The second kappa shape index (κ2) is 8.05. The predicted octanol–water partition coefficient (Wildman–Crippen LogP) is 3.24. The van der Waals surface area contributed by atoms with Crippen LogP contribution in [-0.4, -0.2) is 40.8 Å². The summed E-state index contributed by atoms with van der Waals surface area (Å²) in [6, 6.07) is 11.8. The predicted molar refractivity (Wildman–Crippen MR) is 123 cm³/mol. The smallest absolute Gasteiger partial charge is 0.255 e. The molecule has 0 bridgehead atoms. The van der Waals surface area contributed by atoms with Crippen molar-refractivity contribution < 1.29 is 19.1 Å². The van der Waals surface area contributed by atoms with E-state index in [2.05, 4.69) is 22.2 Å². The zero-order valence-corrected chi connectivity index (χ0v) is 18.1. The summed E-state index contributed by atoms with van der Waals surface area (Å²) in [5, 5.41) is 7.37. The lowest BCUT2D eigenvalue weighted by molar-refractivity contribution is -0.126. The van der Waals surface area contributed by atoms with Crippen molar-refractivity contribution in [2.75, 3.05) is 12.4 Å². The Bertz CT molecular complexity index is 1330. The van der Waals surface area contributed by atoms with Crippen LogP contribution >= 0.6 is 0 Å². The Balaban J connectivity index is 1.33. The van der Waals surface area contributed by atoms with Crippen molar-refractivity contribution in [3.8, 4) is 5.88 Å². The molecule has 33 heavy (non-hydrogen) atoms. The van der Waals surface area contributed by atoms with Crippen molar-refractivity contribution in [1.82, 2.24) is 15.2 Å². The third-order valence-electron chi connectivity index (χ3n) is 6.06. The fourth-order valence-electron chi connectivity index (χ4n) is 4.31. The normalized spacial score (nSPS) is 17.7. The molecule has 3 aromatic rings. The molecule has 2 aliphatic rings. The van der Waals surface area contributed by atoms with E-state index in [1.165, 1.54) is 0 Å². The molecule has 0 radical (unpaired) electrons. The third-order valence-corrected chi connectivity index (χ3v) is 6.06. The van der Waals surface area contributed by atoms with Crippen LogP contribution in [0.15, 0.2) is 60.9 Å². The number of fused-ring (bicyclic) bond motifs is 2. The molecule has 1 saturated heterocycles. The van der Waals surface area contributed by atoms with E-state index in [1.807, 2.05) is 12.1 Å². The molecule has 1 unspecified atom stereocenters. The molecule has 1 atom stereocenters. The van der Waals surface area contributed by atoms with Crippen LogP contribution in [0.25, 0.3) is 10.8 Å². The number of benzene rings is 2. The number of carbonyl (C=O) groups is 3. The molecule has 8 heteroatoms. The van der Waals surface area contributed by atoms with Gasteiger partial charge in [0.05, 0.1) is 7.11 Å². The summed E-state index contributed by atoms with van der Waals surface area (Å²) in [4.78, 5) is 43.8. The van der Waals surface area contributed by atoms with E-state index >= 15 is 0 Å². The Morgan fingerprint density at radius 3 is 2.82 bits per heavy atom. The third kappa shape index (κ3) is 3.80. The van der Waals surface area contributed by atoms with Crippen LogP contribution in [0.5, 0.6) is 5.88 Å². The molecular formula is C25H22N4O4. The molecule has 0 aliphatic carbocycles. The monoisotopic (exact) mass is 442 g/mol. The van der Waals surface area contributed by atoms with Crippen LogP contribution in [0.2, 0.25) is 0 Å². The van der Waals surface area contributed by atoms with Crippen molar-refractivity contribution in [2.45, 2.75) is 25.4 Å². The Morgan fingerprint density at radius 2 is 2.03 bits per heavy atom. The number of nitrogens with zero attached hydrogens (tertiary/aromatic N) is 2. The zero-order valence-electron chi connectivity index (χ0n) is 18.1. The first-order valence-electron chi connectivity index (χ1n) is 10.6. The van der Waals surface area contributed by atoms with Crippen molar-refractivity contribution in [3.05, 3.63) is 77.6 Å². The van der Waals surface area contributed by atoms with Gasteiger partial charge in [-0.2, -0.15) is 0 Å². The number of allylic oxidation sites excluding steroid dienone is 1. The van der Waals surface area contributed by atoms with Crippen molar-refractivity contribution in [2.24, 2.45) is 0 Å². The highest BCUT2D eigenvalue weighted by Crippen LogP contribution is 2.30. The minimum Gasteiger partial charge on any atom is -0.481 e. The molecule has 3 heterocycles. The summed E-state index contributed by atoms with van der Waals surface area (Å²) >= 11 is 0. The second-order valence-corrected chi connectivity index (χ2v) is 8.19. The molecule has 1 fully saturated rings. The number of hydrogen-bond acceptors (Lipinski definition) is 5. The Kier molecular flexibility index (Phi) is 5.05. The highest BCUT2D eigenvalue weighted by Gasteiger charge is 2.38. The Hall–Kier alpha value is -4.20. The molecule has 1 aromatic heterocycles. The van der Waals surface area contributed by atoms with Crippen molar-refractivity contribution >= 4 is 34.2 Å². The minimum atomic E-state index is -0.515. The highest BCUT2D eigenvalue weighted by atomic mass is 16.5. The Labute approximate surface area is 190 Å². The average molecular weight is 442 g/mol. The zero-order chi connectivity index (χ0) is 23.1. The molecule has 0 spiro atoms. The summed E-state index contributed by atoms with van der Waals surface area (Å²) in [7, 11) is 1.56. The van der Waals surface area contributed by atoms with Gasteiger partial charge in [0.15, 0.2) is 0 Å². The van der Waals surface area contributed by atoms with E-state index in [0.29, 0.717) is 47.8 Å². The van der Waals surface area contributed by atoms with Gasteiger partial charge in [0.1, 0.15) is 6.04 Å². The highest BCUT2D eigenvalue weighted by molar-refractivity contribution is 6.07. The topological polar surface area (TPSA) is 101 Å². The van der Waals surface area contributed by atoms with Crippen LogP contribution in [0.4, 0.5) is 5.69 Å². The number of hydrogen-bond donors (Lipinski definition) is 2. The van der Waals surface area contributed by atoms with Gasteiger partial charge in [-0.25, -0.2) is 4.98 Å². The fraction of sp³-hybridized carbons (Fsp3) is 0.200. The van der Waals surface area contributed by atoms with E-state index in [0.717, 1.165) is 16.3 Å². The van der Waals surface area contributed by atoms with Crippen LogP contribution in [0.1, 0.15) is 39.1 Å². The van der Waals surface area contributed by atoms with Crippen LogP contribution in [0.3, 0.4) is 0 Å². The van der Waals surface area contributed by atoms with Gasteiger partial charge in [0, 0.05) is 46.7 Å². The van der Waals surface area contributed by atoms with Gasteiger partial charge in [0.25, 0.3) is 11.8 Å². The maximum atomic E-state index is 12.9. The van der Waals surface area contributed by atoms with Gasteiger partial charge in [-0.3, -0.25) is 14.4 Å². The summed E-state index contributed by atoms with van der Waals surface area (Å²) in [6.45, 7) is 4.11. The minimum absolute atomic E-state index is 0.173. The number of anilines is 1. The van der Waals surface area contributed by atoms with Gasteiger partial charge >= 0.3 is 0 Å². The molecule has 0 saturated carbocycles. The van der Waals surface area contributed by atoms with Crippen LogP contribution in [-0.2, 0) is 11.3 Å². The van der Waals surface area contributed by atoms with Gasteiger partial charge in [-0.1, -0.05) is 12.6 Å². The maximum Gasteiger partial charge on any atom is 0.255 e. The number of aromatic nitrogens is 1. The average Bonchev–Trinajstić information content (AvgIpc) is 3.13. The quantitative estimate of drug-likeness (QED) is 0.646. The van der Waals surface area contributed by atoms with Gasteiger partial charge in [-0.15, -0.1) is 0 Å². The molecule has 8 nitrogen and oxygen atoms in total. The molecule has 3 amide bonds. The second-order valence-electron chi connectivity index (χ2n) is 8.19. The summed E-state index contributed by atoms with van der Waals surface area (Å²) in [5.74, 6) is -0.131. The number of methoxy groups -OCH3 is 1. The van der Waals surface area contributed by atoms with E-state index in [1.54, 1.807) is 48.5 Å². The largest absolute Gasteiger partial charge is 0.481 e. The molecule has 166 valence electrons. The van der Waals surface area contributed by atoms with Gasteiger partial charge in [0.2, 0.25) is 11.8 Å². The lowest BCUT2D eigenvalue weighted by Gasteiger charge is -2.30. The summed E-state index contributed by atoms with van der Waals surface area (Å²) < 4.78 is 5.14. The first-order valence-corrected chi connectivity index (χ1v) is 10.6. The number of piperidine rings is 1. The summed E-state index contributed by atoms with van der Waals surface area (Å²) in [6.07, 6.45) is 2.86. The van der Waals surface area contributed by atoms with E-state index < -0.39 is 6.04 Å². The molecule has 5 rings (SSSR count). The van der Waals surface area contributed by atoms with Crippen molar-refractivity contribution in [3.63, 3.8) is 0 Å². The van der Waals surface area contributed by atoms with E-state index in [4.69, 9.17) is 4.74 Å². The van der Waals surface area contributed by atoms with E-state index in [9.17, 15) is 14.4 Å². The number of nitrogens with one attached hydrogen (secondary N) is 2. The van der Waals surface area contributed by atoms with E-state index in [-0.39, 0.29) is 17.7 Å². The number of rotatable bonds is 4. The van der Waals surface area contributed by atoms with Crippen molar-refractivity contribution in [1.29, 1.82) is 0 Å². The molecular weight excluding hydrogens is 420 g/mol. The molecule has 2 N–H and O–H groups in total. The SMILES string of the molecule is C=C1CCC(N2Cc3cc(NC(=O)c4ccc5cc(OC)ncc5c4)ccc3C2=O)C(=O)N1. The lowest BCUT2D eigenvalue weighted by Crippen LogP contribution is -2.49. The fourth-order valence-corrected chi connectivity index (χ4v) is 4.31. The number of pyridine rings is 1. The summed E-state index contributed by atoms with van der Waals surface area (Å²) in [5.41, 5.74) is 3.09. The number of carbonyl (C=O) groups excluding carboxylic acids is 3. The molecule has 2 aromatic carbocycles. The standard InChI is InChI=1S/C25H22N4O4/c1-14-3-8-21(24(31)27-14)29-13-18-10-19(6-7-20(18)25(29)32)28-23(30)16-5-4-15-11-22(33-2)26-12-17(15)9-16/h4-7,9-12,21H,1,3,8,13H2,2H3,(H,27,31)(H,28,30). The number of ether oxygens (including phenoxy) is 1. The Morgan fingerprint density at radius 1 is 1.18 bits per heavy atom. The molecule has 2 aliphatic heterocycles. The van der Waals surface area contributed by atoms with Gasteiger partial charge < -0.3 is 20.3 Å². The lowest BCUT2D eigenvalue weighted by atomic mass is 10.0.